The van der Waals surface area contributed by atoms with Crippen LogP contribution in [0.4, 0.5) is 0 Å². The molecule has 3 nitrogen and oxygen atoms in total. The van der Waals surface area contributed by atoms with E-state index in [1.54, 1.807) is 6.07 Å². The van der Waals surface area contributed by atoms with Gasteiger partial charge in [-0.3, -0.25) is 4.79 Å². The van der Waals surface area contributed by atoms with E-state index in [0.29, 0.717) is 18.2 Å². The fraction of sp³-hybridized carbons (Fsp3) is 0.462. The molecule has 1 aromatic carbocycles. The number of rotatable bonds is 5. The molecule has 0 spiro atoms. The number of amides is 1. The Balaban J connectivity index is 2.51. The first kappa shape index (κ1) is 15.7. The first-order chi connectivity index (χ1) is 8.41. The maximum absolute atomic E-state index is 12.0. The number of nitrogens with one attached hydrogen (secondary N) is 1. The molecule has 0 aliphatic carbocycles. The quantitative estimate of drug-likeness (QED) is 0.853. The zero-order valence-corrected chi connectivity index (χ0v) is 14.0. The average molecular weight is 378 g/mol. The Bertz CT molecular complexity index is 421. The zero-order chi connectivity index (χ0) is 13.7. The highest BCUT2D eigenvalue weighted by atomic mass is 79.9. The lowest BCUT2D eigenvalue weighted by atomic mass is 10.2. The Labute approximate surface area is 125 Å². The first-order valence-electron chi connectivity index (χ1n) is 5.85. The van der Waals surface area contributed by atoms with Crippen molar-refractivity contribution < 1.29 is 4.79 Å². The molecule has 1 N–H and O–H groups in total. The summed E-state index contributed by atoms with van der Waals surface area (Å²) in [5.74, 6) is -0.0495. The van der Waals surface area contributed by atoms with Crippen molar-refractivity contribution in [3.05, 3.63) is 32.7 Å². The van der Waals surface area contributed by atoms with Crippen LogP contribution in [0.15, 0.2) is 27.1 Å². The minimum Gasteiger partial charge on any atom is -0.351 e. The van der Waals surface area contributed by atoms with E-state index >= 15 is 0 Å². The van der Waals surface area contributed by atoms with Crippen molar-refractivity contribution in [3.8, 4) is 0 Å². The van der Waals surface area contributed by atoms with Gasteiger partial charge in [0.15, 0.2) is 0 Å². The van der Waals surface area contributed by atoms with Crippen molar-refractivity contribution in [2.45, 2.75) is 19.9 Å². The van der Waals surface area contributed by atoms with Gasteiger partial charge in [-0.05, 0) is 55.0 Å². The van der Waals surface area contributed by atoms with Gasteiger partial charge in [-0.15, -0.1) is 0 Å². The highest BCUT2D eigenvalue weighted by Crippen LogP contribution is 2.21. The number of carbonyl (C=O) groups excluding carboxylic acids is 1. The second-order valence-electron chi connectivity index (χ2n) is 4.45. The molecule has 0 atom stereocenters. The monoisotopic (exact) mass is 376 g/mol. The summed E-state index contributed by atoms with van der Waals surface area (Å²) in [5.41, 5.74) is 0.658. The Morgan fingerprint density at radius 1 is 1.39 bits per heavy atom. The van der Waals surface area contributed by atoms with Gasteiger partial charge >= 0.3 is 0 Å². The summed E-state index contributed by atoms with van der Waals surface area (Å²) < 4.78 is 1.75. The lowest BCUT2D eigenvalue weighted by Crippen LogP contribution is -2.36. The number of likely N-dealkylation sites (N-methyl/N-ethyl adjacent to an activating group) is 1. The molecule has 1 rings (SSSR count). The van der Waals surface area contributed by atoms with Crippen molar-refractivity contribution in [1.29, 1.82) is 0 Å². The fourth-order valence-electron chi connectivity index (χ4n) is 1.37. The third kappa shape index (κ3) is 4.71. The van der Waals surface area contributed by atoms with Crippen LogP contribution < -0.4 is 5.32 Å². The number of halogens is 2. The number of nitrogens with zero attached hydrogens (tertiary/aromatic N) is 1. The zero-order valence-electron chi connectivity index (χ0n) is 10.8. The highest BCUT2D eigenvalue weighted by Gasteiger charge is 2.10. The van der Waals surface area contributed by atoms with Crippen LogP contribution in [0, 0.1) is 0 Å². The molecule has 5 heteroatoms. The number of benzene rings is 1. The van der Waals surface area contributed by atoms with E-state index in [-0.39, 0.29) is 5.91 Å². The number of hydrogen-bond acceptors (Lipinski definition) is 2. The van der Waals surface area contributed by atoms with E-state index in [1.807, 2.05) is 19.2 Å². The van der Waals surface area contributed by atoms with Crippen LogP contribution in [-0.4, -0.2) is 37.0 Å². The van der Waals surface area contributed by atoms with Gasteiger partial charge in [0.1, 0.15) is 0 Å². The van der Waals surface area contributed by atoms with Crippen molar-refractivity contribution in [2.75, 3.05) is 20.1 Å². The summed E-state index contributed by atoms with van der Waals surface area (Å²) in [6.07, 6.45) is 0. The van der Waals surface area contributed by atoms with Crippen LogP contribution in [0.1, 0.15) is 24.2 Å². The van der Waals surface area contributed by atoms with E-state index in [0.717, 1.165) is 15.5 Å². The largest absolute Gasteiger partial charge is 0.351 e. The third-order valence-electron chi connectivity index (χ3n) is 2.81. The van der Waals surface area contributed by atoms with Crippen molar-refractivity contribution in [3.63, 3.8) is 0 Å². The molecule has 100 valence electrons. The van der Waals surface area contributed by atoms with Gasteiger partial charge in [0.25, 0.3) is 5.91 Å². The highest BCUT2D eigenvalue weighted by molar-refractivity contribution is 9.11. The molecule has 0 unspecified atom stereocenters. The van der Waals surface area contributed by atoms with Gasteiger partial charge in [-0.25, -0.2) is 0 Å². The lowest BCUT2D eigenvalue weighted by Gasteiger charge is -2.20. The minimum atomic E-state index is -0.0495. The van der Waals surface area contributed by atoms with Crippen molar-refractivity contribution in [2.24, 2.45) is 0 Å². The summed E-state index contributed by atoms with van der Waals surface area (Å²) in [7, 11) is 2.05. The molecule has 0 heterocycles. The average Bonchev–Trinajstić information content (AvgIpc) is 2.28. The molecule has 1 amide bonds. The summed E-state index contributed by atoms with van der Waals surface area (Å²) in [5, 5.41) is 2.92. The fourth-order valence-corrected chi connectivity index (χ4v) is 2.60. The summed E-state index contributed by atoms with van der Waals surface area (Å²) in [4.78, 5) is 14.1. The van der Waals surface area contributed by atoms with Gasteiger partial charge in [-0.1, -0.05) is 15.9 Å². The van der Waals surface area contributed by atoms with Crippen LogP contribution in [0.5, 0.6) is 0 Å². The minimum absolute atomic E-state index is 0.0495. The van der Waals surface area contributed by atoms with Gasteiger partial charge in [0.2, 0.25) is 0 Å². The van der Waals surface area contributed by atoms with E-state index in [4.69, 9.17) is 0 Å². The molecule has 0 aromatic heterocycles. The Morgan fingerprint density at radius 2 is 2.06 bits per heavy atom. The molecule has 1 aromatic rings. The van der Waals surface area contributed by atoms with Gasteiger partial charge in [0.05, 0.1) is 5.56 Å². The van der Waals surface area contributed by atoms with Crippen LogP contribution in [-0.2, 0) is 0 Å². The SMILES string of the molecule is CC(C)N(C)CCNC(=O)c1ccc(Br)cc1Br. The topological polar surface area (TPSA) is 32.3 Å². The van der Waals surface area contributed by atoms with Crippen LogP contribution >= 0.6 is 31.9 Å². The summed E-state index contributed by atoms with van der Waals surface area (Å²) in [6, 6.07) is 6.02. The lowest BCUT2D eigenvalue weighted by molar-refractivity contribution is 0.0947. The molecule has 0 aliphatic heterocycles. The smallest absolute Gasteiger partial charge is 0.252 e. The first-order valence-corrected chi connectivity index (χ1v) is 7.44. The van der Waals surface area contributed by atoms with Gasteiger partial charge in [-0.2, -0.15) is 0 Å². The van der Waals surface area contributed by atoms with Crippen LogP contribution in [0.3, 0.4) is 0 Å². The molecule has 18 heavy (non-hydrogen) atoms. The third-order valence-corrected chi connectivity index (χ3v) is 3.96. The molecule has 0 aliphatic rings. The molecular formula is C13H18Br2N2O. The Morgan fingerprint density at radius 3 is 2.61 bits per heavy atom. The number of hydrogen-bond donors (Lipinski definition) is 1. The predicted octanol–water partition coefficient (Wildman–Crippen LogP) is 3.28. The molecule has 0 saturated carbocycles. The van der Waals surface area contributed by atoms with Gasteiger partial charge < -0.3 is 10.2 Å². The van der Waals surface area contributed by atoms with E-state index in [1.165, 1.54) is 0 Å². The Hall–Kier alpha value is -0.390. The van der Waals surface area contributed by atoms with E-state index in [2.05, 4.69) is 55.9 Å². The second-order valence-corrected chi connectivity index (χ2v) is 6.22. The molecular weight excluding hydrogens is 360 g/mol. The van der Waals surface area contributed by atoms with Crippen molar-refractivity contribution >= 4 is 37.8 Å². The summed E-state index contributed by atoms with van der Waals surface area (Å²) >= 11 is 6.76. The van der Waals surface area contributed by atoms with Crippen LogP contribution in [0.25, 0.3) is 0 Å². The predicted molar refractivity (Wildman–Crippen MR) is 81.9 cm³/mol. The molecule has 0 fully saturated rings. The summed E-state index contributed by atoms with van der Waals surface area (Å²) in [6.45, 7) is 5.76. The Kier molecular flexibility index (Phi) is 6.32. The molecule has 0 saturated heterocycles. The van der Waals surface area contributed by atoms with Gasteiger partial charge in [0, 0.05) is 28.1 Å². The van der Waals surface area contributed by atoms with Crippen LogP contribution in [0.2, 0.25) is 0 Å². The number of carbonyl (C=O) groups is 1. The normalized spacial score (nSPS) is 11.1. The van der Waals surface area contributed by atoms with Crippen molar-refractivity contribution in [1.82, 2.24) is 10.2 Å². The molecule has 0 bridgehead atoms. The maximum atomic E-state index is 12.0. The standard InChI is InChI=1S/C13H18Br2N2O/c1-9(2)17(3)7-6-16-13(18)11-5-4-10(14)8-12(11)15/h4-5,8-9H,6-7H2,1-3H3,(H,16,18). The van der Waals surface area contributed by atoms with E-state index < -0.39 is 0 Å². The maximum Gasteiger partial charge on any atom is 0.252 e. The van der Waals surface area contributed by atoms with E-state index in [9.17, 15) is 4.79 Å². The second kappa shape index (κ2) is 7.26. The molecule has 0 radical (unpaired) electrons.